The van der Waals surface area contributed by atoms with Crippen molar-refractivity contribution < 1.29 is 9.59 Å². The van der Waals surface area contributed by atoms with Crippen molar-refractivity contribution in [1.82, 2.24) is 15.6 Å². The molecule has 2 amide bonds. The van der Waals surface area contributed by atoms with Gasteiger partial charge in [-0.3, -0.25) is 14.6 Å². The molecule has 0 saturated carbocycles. The minimum atomic E-state index is -0.258. The van der Waals surface area contributed by atoms with E-state index in [1.54, 1.807) is 48.7 Å². The molecule has 2 N–H and O–H groups in total. The first kappa shape index (κ1) is 19.8. The first-order valence-corrected chi connectivity index (χ1v) is 9.17. The van der Waals surface area contributed by atoms with Gasteiger partial charge in [-0.1, -0.05) is 29.8 Å². The highest BCUT2D eigenvalue weighted by atomic mass is 16.2. The van der Waals surface area contributed by atoms with Gasteiger partial charge in [0.15, 0.2) is 0 Å². The zero-order chi connectivity index (χ0) is 20.6. The minimum Gasteiger partial charge on any atom is -0.350 e. The largest absolute Gasteiger partial charge is 0.350 e. The zero-order valence-electron chi connectivity index (χ0n) is 16.0. The summed E-state index contributed by atoms with van der Waals surface area (Å²) >= 11 is 0. The van der Waals surface area contributed by atoms with Gasteiger partial charge in [-0.15, -0.1) is 0 Å². The van der Waals surface area contributed by atoms with Crippen molar-refractivity contribution in [3.8, 4) is 17.3 Å². The fraction of sp³-hybridized carbons (Fsp3) is 0.130. The molecule has 6 nitrogen and oxygen atoms in total. The molecule has 3 rings (SSSR count). The van der Waals surface area contributed by atoms with E-state index in [0.717, 1.165) is 5.56 Å². The quantitative estimate of drug-likeness (QED) is 0.639. The van der Waals surface area contributed by atoms with Crippen molar-refractivity contribution in [3.05, 3.63) is 89.1 Å². The van der Waals surface area contributed by atoms with E-state index in [4.69, 9.17) is 0 Å². The Bertz CT molecular complexity index is 1070. The second-order valence-electron chi connectivity index (χ2n) is 6.47. The van der Waals surface area contributed by atoms with Gasteiger partial charge in [-0.2, -0.15) is 5.26 Å². The highest BCUT2D eigenvalue weighted by Gasteiger charge is 2.10. The highest BCUT2D eigenvalue weighted by molar-refractivity contribution is 5.96. The Morgan fingerprint density at radius 2 is 1.62 bits per heavy atom. The van der Waals surface area contributed by atoms with Gasteiger partial charge < -0.3 is 10.6 Å². The Balaban J connectivity index is 1.57. The van der Waals surface area contributed by atoms with Gasteiger partial charge in [0.2, 0.25) is 0 Å². The molecule has 1 aromatic heterocycles. The molecular weight excluding hydrogens is 364 g/mol. The number of carbonyl (C=O) groups excluding carboxylic acids is 2. The third-order valence-electron chi connectivity index (χ3n) is 4.34. The normalized spacial score (nSPS) is 10.1. The van der Waals surface area contributed by atoms with E-state index >= 15 is 0 Å². The van der Waals surface area contributed by atoms with E-state index in [1.807, 2.05) is 25.1 Å². The van der Waals surface area contributed by atoms with Crippen molar-refractivity contribution in [2.75, 3.05) is 13.1 Å². The fourth-order valence-corrected chi connectivity index (χ4v) is 2.79. The summed E-state index contributed by atoms with van der Waals surface area (Å²) in [5.41, 5.74) is 3.81. The molecule has 0 aliphatic carbocycles. The molecule has 0 radical (unpaired) electrons. The van der Waals surface area contributed by atoms with Gasteiger partial charge in [-0.25, -0.2) is 0 Å². The van der Waals surface area contributed by atoms with E-state index in [1.165, 1.54) is 0 Å². The molecule has 3 aromatic rings. The predicted octanol–water partition coefficient (Wildman–Crippen LogP) is 3.09. The van der Waals surface area contributed by atoms with Crippen molar-refractivity contribution >= 4 is 11.8 Å². The van der Waals surface area contributed by atoms with Gasteiger partial charge in [0, 0.05) is 36.0 Å². The lowest BCUT2D eigenvalue weighted by molar-refractivity contribution is 0.0927. The van der Waals surface area contributed by atoms with Crippen LogP contribution in [0.25, 0.3) is 11.3 Å². The summed E-state index contributed by atoms with van der Waals surface area (Å²) in [5.74, 6) is -0.439. The van der Waals surface area contributed by atoms with E-state index in [-0.39, 0.29) is 11.8 Å². The molecule has 1 heterocycles. The van der Waals surface area contributed by atoms with Crippen molar-refractivity contribution in [2.45, 2.75) is 6.92 Å². The molecule has 0 aliphatic heterocycles. The van der Waals surface area contributed by atoms with Gasteiger partial charge in [0.1, 0.15) is 6.07 Å². The number of hydrogen-bond donors (Lipinski definition) is 2. The van der Waals surface area contributed by atoms with Gasteiger partial charge in [-0.05, 0) is 43.3 Å². The molecule has 0 aliphatic rings. The zero-order valence-corrected chi connectivity index (χ0v) is 16.0. The molecule has 0 atom stereocenters. The van der Waals surface area contributed by atoms with Crippen LogP contribution < -0.4 is 10.6 Å². The Morgan fingerprint density at radius 3 is 2.31 bits per heavy atom. The monoisotopic (exact) mass is 384 g/mol. The fourth-order valence-electron chi connectivity index (χ4n) is 2.79. The maximum Gasteiger partial charge on any atom is 0.251 e. The standard InChI is InChI=1S/C23H20N4O2/c1-16-7-9-17(10-8-16)22(28)26-12-13-27-23(29)19-5-2-4-18(14-19)21-20(15-24)6-3-11-25-21/h2-11,14H,12-13H2,1H3,(H,26,28)(H,27,29). The maximum absolute atomic E-state index is 12.4. The Morgan fingerprint density at radius 1 is 0.931 bits per heavy atom. The number of hydrogen-bond acceptors (Lipinski definition) is 4. The minimum absolute atomic E-state index is 0.180. The number of nitrogens with one attached hydrogen (secondary N) is 2. The lowest BCUT2D eigenvalue weighted by Crippen LogP contribution is -2.34. The van der Waals surface area contributed by atoms with Crippen LogP contribution >= 0.6 is 0 Å². The third kappa shape index (κ3) is 5.05. The summed E-state index contributed by atoms with van der Waals surface area (Å²) in [4.78, 5) is 28.7. The van der Waals surface area contributed by atoms with Crippen LogP contribution in [0, 0.1) is 18.3 Å². The van der Waals surface area contributed by atoms with E-state index in [0.29, 0.717) is 41.0 Å². The second-order valence-corrected chi connectivity index (χ2v) is 6.47. The molecule has 2 aromatic carbocycles. The average molecular weight is 384 g/mol. The molecule has 0 unspecified atom stereocenters. The summed E-state index contributed by atoms with van der Waals surface area (Å²) < 4.78 is 0. The number of aryl methyl sites for hydroxylation is 1. The van der Waals surface area contributed by atoms with Gasteiger partial charge in [0.05, 0.1) is 11.3 Å². The van der Waals surface area contributed by atoms with E-state index in [2.05, 4.69) is 21.7 Å². The number of benzene rings is 2. The number of rotatable bonds is 6. The average Bonchev–Trinajstić information content (AvgIpc) is 2.77. The summed E-state index contributed by atoms with van der Waals surface area (Å²) in [6, 6.07) is 19.7. The SMILES string of the molecule is Cc1ccc(C(=O)NCCNC(=O)c2cccc(-c3ncccc3C#N)c2)cc1. The van der Waals surface area contributed by atoms with E-state index in [9.17, 15) is 14.9 Å². The molecule has 144 valence electrons. The molecule has 29 heavy (non-hydrogen) atoms. The van der Waals surface area contributed by atoms with Crippen LogP contribution in [0.5, 0.6) is 0 Å². The first-order valence-electron chi connectivity index (χ1n) is 9.17. The summed E-state index contributed by atoms with van der Waals surface area (Å²) in [5, 5.41) is 14.8. The lowest BCUT2D eigenvalue weighted by Gasteiger charge is -2.09. The number of carbonyl (C=O) groups is 2. The number of pyridine rings is 1. The summed E-state index contributed by atoms with van der Waals surface area (Å²) in [6.45, 7) is 2.58. The first-order chi connectivity index (χ1) is 14.1. The van der Waals surface area contributed by atoms with Crippen LogP contribution in [0.4, 0.5) is 0 Å². The Hall–Kier alpha value is -3.98. The Kier molecular flexibility index (Phi) is 6.33. The molecule has 0 spiro atoms. The molecule has 0 fully saturated rings. The number of nitrogens with zero attached hydrogens (tertiary/aromatic N) is 2. The van der Waals surface area contributed by atoms with Crippen LogP contribution in [0.2, 0.25) is 0 Å². The predicted molar refractivity (Wildman–Crippen MR) is 110 cm³/mol. The number of nitriles is 1. The summed E-state index contributed by atoms with van der Waals surface area (Å²) in [7, 11) is 0. The Labute approximate surface area is 169 Å². The van der Waals surface area contributed by atoms with Gasteiger partial charge in [0.25, 0.3) is 11.8 Å². The molecule has 0 bridgehead atoms. The van der Waals surface area contributed by atoms with Crippen molar-refractivity contribution in [3.63, 3.8) is 0 Å². The van der Waals surface area contributed by atoms with Crippen molar-refractivity contribution in [1.29, 1.82) is 5.26 Å². The second kappa shape index (κ2) is 9.29. The molecular formula is C23H20N4O2. The highest BCUT2D eigenvalue weighted by Crippen LogP contribution is 2.21. The van der Waals surface area contributed by atoms with E-state index < -0.39 is 0 Å². The van der Waals surface area contributed by atoms with Crippen LogP contribution in [0.15, 0.2) is 66.9 Å². The van der Waals surface area contributed by atoms with Crippen LogP contribution in [-0.2, 0) is 0 Å². The number of aromatic nitrogens is 1. The van der Waals surface area contributed by atoms with Gasteiger partial charge >= 0.3 is 0 Å². The third-order valence-corrected chi connectivity index (χ3v) is 4.34. The lowest BCUT2D eigenvalue weighted by atomic mass is 10.0. The van der Waals surface area contributed by atoms with Crippen LogP contribution in [-0.4, -0.2) is 29.9 Å². The maximum atomic E-state index is 12.4. The number of amides is 2. The summed E-state index contributed by atoms with van der Waals surface area (Å²) in [6.07, 6.45) is 1.61. The van der Waals surface area contributed by atoms with Crippen LogP contribution in [0.1, 0.15) is 31.8 Å². The van der Waals surface area contributed by atoms with Crippen molar-refractivity contribution in [2.24, 2.45) is 0 Å². The molecule has 6 heteroatoms. The topological polar surface area (TPSA) is 94.9 Å². The molecule has 0 saturated heterocycles. The van der Waals surface area contributed by atoms with Crippen LogP contribution in [0.3, 0.4) is 0 Å². The smallest absolute Gasteiger partial charge is 0.251 e.